The van der Waals surface area contributed by atoms with Gasteiger partial charge in [-0.05, 0) is 44.1 Å². The fourth-order valence-electron chi connectivity index (χ4n) is 3.19. The third-order valence-corrected chi connectivity index (χ3v) is 4.84. The van der Waals surface area contributed by atoms with E-state index in [2.05, 4.69) is 44.2 Å². The van der Waals surface area contributed by atoms with E-state index in [0.717, 1.165) is 57.8 Å². The maximum Gasteiger partial charge on any atom is 0.308 e. The molecule has 25 heavy (non-hydrogen) atoms. The van der Waals surface area contributed by atoms with Gasteiger partial charge in [0.05, 0.1) is 12.5 Å². The van der Waals surface area contributed by atoms with Gasteiger partial charge in [-0.1, -0.05) is 82.7 Å². The quantitative estimate of drug-likeness (QED) is 0.260. The van der Waals surface area contributed by atoms with E-state index < -0.39 is 0 Å². The molecule has 0 spiro atoms. The Kier molecular flexibility index (Phi) is 13.0. The third-order valence-electron chi connectivity index (χ3n) is 4.84. The molecule has 0 N–H and O–H groups in total. The number of hydrogen-bond donors (Lipinski definition) is 0. The first kappa shape index (κ1) is 21.7. The van der Waals surface area contributed by atoms with Crippen LogP contribution in [0.15, 0.2) is 30.3 Å². The summed E-state index contributed by atoms with van der Waals surface area (Å²) >= 11 is 0. The third kappa shape index (κ3) is 11.0. The highest BCUT2D eigenvalue weighted by molar-refractivity contribution is 5.72. The summed E-state index contributed by atoms with van der Waals surface area (Å²) in [6, 6.07) is 10.6. The molecule has 1 aromatic carbocycles. The SMILES string of the molecule is CCCCCCC(CCCC)C(=O)OCCCCCc1ccccc1. The van der Waals surface area contributed by atoms with Crippen molar-refractivity contribution in [2.45, 2.75) is 90.9 Å². The van der Waals surface area contributed by atoms with Crippen LogP contribution in [0.2, 0.25) is 0 Å². The van der Waals surface area contributed by atoms with Crippen molar-refractivity contribution < 1.29 is 9.53 Å². The molecule has 2 nitrogen and oxygen atoms in total. The molecule has 2 heteroatoms. The van der Waals surface area contributed by atoms with E-state index in [1.54, 1.807) is 0 Å². The Morgan fingerprint density at radius 1 is 0.840 bits per heavy atom. The van der Waals surface area contributed by atoms with E-state index in [0.29, 0.717) is 6.61 Å². The second-order valence-corrected chi connectivity index (χ2v) is 7.15. The standard InChI is InChI=1S/C23H38O2/c1-3-5-7-13-19-22(18-6-4-2)23(24)25-20-14-9-12-17-21-15-10-8-11-16-21/h8,10-11,15-16,22H,3-7,9,12-14,17-20H2,1-2H3. The van der Waals surface area contributed by atoms with Crippen LogP contribution in [0, 0.1) is 5.92 Å². The highest BCUT2D eigenvalue weighted by Crippen LogP contribution is 2.19. The van der Waals surface area contributed by atoms with E-state index in [4.69, 9.17) is 4.74 Å². The maximum absolute atomic E-state index is 12.3. The lowest BCUT2D eigenvalue weighted by atomic mass is 9.95. The zero-order valence-corrected chi connectivity index (χ0v) is 16.5. The van der Waals surface area contributed by atoms with Gasteiger partial charge in [-0.15, -0.1) is 0 Å². The lowest BCUT2D eigenvalue weighted by Crippen LogP contribution is -2.18. The van der Waals surface area contributed by atoms with Crippen molar-refractivity contribution in [1.82, 2.24) is 0 Å². The summed E-state index contributed by atoms with van der Waals surface area (Å²) in [5, 5.41) is 0. The molecule has 1 atom stereocenters. The summed E-state index contributed by atoms with van der Waals surface area (Å²) in [5.74, 6) is 0.175. The van der Waals surface area contributed by atoms with Crippen LogP contribution in [0.3, 0.4) is 0 Å². The predicted molar refractivity (Wildman–Crippen MR) is 107 cm³/mol. The summed E-state index contributed by atoms with van der Waals surface area (Å²) in [4.78, 5) is 12.3. The minimum absolute atomic E-state index is 0.0491. The molecule has 142 valence electrons. The van der Waals surface area contributed by atoms with Crippen molar-refractivity contribution in [3.63, 3.8) is 0 Å². The zero-order chi connectivity index (χ0) is 18.2. The van der Waals surface area contributed by atoms with Crippen LogP contribution in [0.4, 0.5) is 0 Å². The first-order valence-corrected chi connectivity index (χ1v) is 10.5. The molecule has 0 fully saturated rings. The van der Waals surface area contributed by atoms with Crippen LogP contribution in [-0.2, 0) is 16.0 Å². The first-order valence-electron chi connectivity index (χ1n) is 10.5. The average Bonchev–Trinajstić information content (AvgIpc) is 2.64. The smallest absolute Gasteiger partial charge is 0.308 e. The molecule has 0 aliphatic rings. The Balaban J connectivity index is 2.14. The lowest BCUT2D eigenvalue weighted by molar-refractivity contribution is -0.149. The summed E-state index contributed by atoms with van der Waals surface area (Å²) in [5.41, 5.74) is 1.39. The molecule has 0 bridgehead atoms. The molecule has 0 radical (unpaired) electrons. The number of hydrogen-bond acceptors (Lipinski definition) is 2. The van der Waals surface area contributed by atoms with Crippen LogP contribution < -0.4 is 0 Å². The van der Waals surface area contributed by atoms with Gasteiger partial charge in [-0.3, -0.25) is 4.79 Å². The monoisotopic (exact) mass is 346 g/mol. The van der Waals surface area contributed by atoms with Crippen LogP contribution in [0.5, 0.6) is 0 Å². The van der Waals surface area contributed by atoms with Crippen molar-refractivity contribution in [1.29, 1.82) is 0 Å². The van der Waals surface area contributed by atoms with Crippen molar-refractivity contribution >= 4 is 5.97 Å². The van der Waals surface area contributed by atoms with Gasteiger partial charge in [0.15, 0.2) is 0 Å². The number of aryl methyl sites for hydroxylation is 1. The lowest BCUT2D eigenvalue weighted by Gasteiger charge is -2.15. The van der Waals surface area contributed by atoms with E-state index in [9.17, 15) is 4.79 Å². The molecule has 0 aliphatic heterocycles. The van der Waals surface area contributed by atoms with Gasteiger partial charge in [-0.25, -0.2) is 0 Å². The van der Waals surface area contributed by atoms with E-state index in [1.807, 2.05) is 0 Å². The second-order valence-electron chi connectivity index (χ2n) is 7.15. The summed E-state index contributed by atoms with van der Waals surface area (Å²) in [7, 11) is 0. The second kappa shape index (κ2) is 15.0. The average molecular weight is 347 g/mol. The first-order chi connectivity index (χ1) is 12.3. The largest absolute Gasteiger partial charge is 0.465 e. The van der Waals surface area contributed by atoms with E-state index >= 15 is 0 Å². The fraction of sp³-hybridized carbons (Fsp3) is 0.696. The summed E-state index contributed by atoms with van der Waals surface area (Å²) < 4.78 is 5.57. The molecular weight excluding hydrogens is 308 g/mol. The Labute approximate surface area is 155 Å². The molecule has 0 amide bonds. The highest BCUT2D eigenvalue weighted by Gasteiger charge is 2.18. The van der Waals surface area contributed by atoms with Crippen molar-refractivity contribution in [3.8, 4) is 0 Å². The minimum Gasteiger partial charge on any atom is -0.465 e. The van der Waals surface area contributed by atoms with Crippen LogP contribution >= 0.6 is 0 Å². The summed E-state index contributed by atoms with van der Waals surface area (Å²) in [6.07, 6.45) is 13.6. The van der Waals surface area contributed by atoms with Gasteiger partial charge in [0, 0.05) is 0 Å². The van der Waals surface area contributed by atoms with Crippen molar-refractivity contribution in [2.24, 2.45) is 5.92 Å². The minimum atomic E-state index is 0.0491. The molecule has 0 aromatic heterocycles. The van der Waals surface area contributed by atoms with Gasteiger partial charge in [0.25, 0.3) is 0 Å². The Hall–Kier alpha value is -1.31. The van der Waals surface area contributed by atoms with Crippen LogP contribution in [-0.4, -0.2) is 12.6 Å². The van der Waals surface area contributed by atoms with Gasteiger partial charge < -0.3 is 4.74 Å². The Morgan fingerprint density at radius 3 is 2.24 bits per heavy atom. The topological polar surface area (TPSA) is 26.3 Å². The normalized spacial score (nSPS) is 12.1. The molecule has 0 heterocycles. The van der Waals surface area contributed by atoms with Crippen molar-refractivity contribution in [3.05, 3.63) is 35.9 Å². The number of benzene rings is 1. The Bertz CT molecular complexity index is 427. The summed E-state index contributed by atoms with van der Waals surface area (Å²) in [6.45, 7) is 5.00. The number of carbonyl (C=O) groups excluding carboxylic acids is 1. The molecule has 0 saturated carbocycles. The highest BCUT2D eigenvalue weighted by atomic mass is 16.5. The molecular formula is C23H38O2. The van der Waals surface area contributed by atoms with Gasteiger partial charge in [0.2, 0.25) is 0 Å². The number of carbonyl (C=O) groups is 1. The van der Waals surface area contributed by atoms with E-state index in [1.165, 1.54) is 24.8 Å². The number of ether oxygens (including phenoxy) is 1. The fourth-order valence-corrected chi connectivity index (χ4v) is 3.19. The van der Waals surface area contributed by atoms with Crippen molar-refractivity contribution in [2.75, 3.05) is 6.61 Å². The molecule has 0 saturated heterocycles. The van der Waals surface area contributed by atoms with Crippen LogP contribution in [0.1, 0.15) is 90.0 Å². The maximum atomic E-state index is 12.3. The molecule has 1 aromatic rings. The molecule has 1 unspecified atom stereocenters. The number of rotatable bonds is 15. The van der Waals surface area contributed by atoms with E-state index in [-0.39, 0.29) is 11.9 Å². The number of unbranched alkanes of at least 4 members (excludes halogenated alkanes) is 6. The molecule has 0 aliphatic carbocycles. The van der Waals surface area contributed by atoms with Gasteiger partial charge in [-0.2, -0.15) is 0 Å². The van der Waals surface area contributed by atoms with Crippen LogP contribution in [0.25, 0.3) is 0 Å². The Morgan fingerprint density at radius 2 is 1.52 bits per heavy atom. The van der Waals surface area contributed by atoms with Gasteiger partial charge >= 0.3 is 5.97 Å². The van der Waals surface area contributed by atoms with Gasteiger partial charge in [0.1, 0.15) is 0 Å². The molecule has 1 rings (SSSR count). The zero-order valence-electron chi connectivity index (χ0n) is 16.5. The number of esters is 1. The predicted octanol–water partition coefficient (Wildman–Crippen LogP) is 6.72.